The molecular formula is C14H24N6O3. The number of aromatic amines is 1. The van der Waals surface area contributed by atoms with Gasteiger partial charge in [0.25, 0.3) is 0 Å². The van der Waals surface area contributed by atoms with Gasteiger partial charge in [0.1, 0.15) is 0 Å². The Bertz CT molecular complexity index is 546. The summed E-state index contributed by atoms with van der Waals surface area (Å²) < 4.78 is 5.65. The van der Waals surface area contributed by atoms with Gasteiger partial charge in [-0.25, -0.2) is 4.79 Å². The molecule has 0 bridgehead atoms. The highest BCUT2D eigenvalue weighted by molar-refractivity contribution is 5.76. The summed E-state index contributed by atoms with van der Waals surface area (Å²) in [5.41, 5.74) is 7.07. The summed E-state index contributed by atoms with van der Waals surface area (Å²) in [6, 6.07) is -0.128. The van der Waals surface area contributed by atoms with E-state index in [-0.39, 0.29) is 24.6 Å². The van der Waals surface area contributed by atoms with Crippen molar-refractivity contribution < 1.29 is 14.3 Å². The van der Waals surface area contributed by atoms with Crippen LogP contribution in [-0.4, -0.2) is 77.9 Å². The quantitative estimate of drug-likeness (QED) is 0.623. The highest BCUT2D eigenvalue weighted by atomic mass is 16.5. The average Bonchev–Trinajstić information content (AvgIpc) is 2.89. The maximum absolute atomic E-state index is 12.3. The SMILES string of the molecule is Cc1[nH]ncc1CNC(=O)N1CCOC(CN(C)CC(N)=O)C1. The van der Waals surface area contributed by atoms with E-state index in [0.29, 0.717) is 32.8 Å². The van der Waals surface area contributed by atoms with Crippen LogP contribution in [0.15, 0.2) is 6.20 Å². The van der Waals surface area contributed by atoms with Gasteiger partial charge in [0.2, 0.25) is 5.91 Å². The fourth-order valence-corrected chi connectivity index (χ4v) is 2.53. The molecule has 1 saturated heterocycles. The van der Waals surface area contributed by atoms with E-state index >= 15 is 0 Å². The van der Waals surface area contributed by atoms with Crippen molar-refractivity contribution in [1.29, 1.82) is 0 Å². The number of aryl methyl sites for hydroxylation is 1. The summed E-state index contributed by atoms with van der Waals surface area (Å²) >= 11 is 0. The molecule has 128 valence electrons. The van der Waals surface area contributed by atoms with E-state index in [4.69, 9.17) is 10.5 Å². The number of urea groups is 1. The first-order valence-electron chi connectivity index (χ1n) is 7.55. The van der Waals surface area contributed by atoms with Crippen LogP contribution in [-0.2, 0) is 16.1 Å². The van der Waals surface area contributed by atoms with Crippen LogP contribution in [0.25, 0.3) is 0 Å². The van der Waals surface area contributed by atoms with Crippen LogP contribution in [0.4, 0.5) is 4.79 Å². The Kier molecular flexibility index (Phi) is 5.94. The van der Waals surface area contributed by atoms with Crippen molar-refractivity contribution in [3.05, 3.63) is 17.5 Å². The normalized spacial score (nSPS) is 18.2. The summed E-state index contributed by atoms with van der Waals surface area (Å²) in [6.45, 7) is 4.58. The number of nitrogens with two attached hydrogens (primary N) is 1. The highest BCUT2D eigenvalue weighted by Gasteiger charge is 2.25. The van der Waals surface area contributed by atoms with Crippen molar-refractivity contribution in [3.8, 4) is 0 Å². The monoisotopic (exact) mass is 324 g/mol. The largest absolute Gasteiger partial charge is 0.373 e. The molecule has 0 aromatic carbocycles. The number of carbonyl (C=O) groups is 2. The van der Waals surface area contributed by atoms with Crippen LogP contribution in [0.3, 0.4) is 0 Å². The van der Waals surface area contributed by atoms with E-state index in [1.165, 1.54) is 0 Å². The number of primary amides is 1. The van der Waals surface area contributed by atoms with Crippen LogP contribution in [0.5, 0.6) is 0 Å². The van der Waals surface area contributed by atoms with Crippen LogP contribution >= 0.6 is 0 Å². The predicted molar refractivity (Wildman–Crippen MR) is 83.6 cm³/mol. The Hall–Kier alpha value is -2.13. The van der Waals surface area contributed by atoms with Gasteiger partial charge in [0.05, 0.1) is 25.5 Å². The molecule has 1 aromatic rings. The lowest BCUT2D eigenvalue weighted by Crippen LogP contribution is -2.52. The summed E-state index contributed by atoms with van der Waals surface area (Å²) in [7, 11) is 1.80. The first kappa shape index (κ1) is 17.2. The Morgan fingerprint density at radius 3 is 3.04 bits per heavy atom. The van der Waals surface area contributed by atoms with E-state index in [9.17, 15) is 9.59 Å². The highest BCUT2D eigenvalue weighted by Crippen LogP contribution is 2.08. The number of amides is 3. The molecule has 3 amide bonds. The number of aromatic nitrogens is 2. The van der Waals surface area contributed by atoms with Gasteiger partial charge in [-0.1, -0.05) is 0 Å². The molecule has 1 aliphatic rings. The molecule has 2 heterocycles. The summed E-state index contributed by atoms with van der Waals surface area (Å²) in [6.07, 6.45) is 1.57. The topological polar surface area (TPSA) is 117 Å². The molecule has 1 unspecified atom stereocenters. The Morgan fingerprint density at radius 1 is 1.61 bits per heavy atom. The van der Waals surface area contributed by atoms with Gasteiger partial charge < -0.3 is 20.7 Å². The van der Waals surface area contributed by atoms with Crippen molar-refractivity contribution in [3.63, 3.8) is 0 Å². The molecule has 0 aliphatic carbocycles. The second-order valence-corrected chi connectivity index (χ2v) is 5.78. The molecular weight excluding hydrogens is 300 g/mol. The maximum Gasteiger partial charge on any atom is 0.317 e. The number of H-pyrrole nitrogens is 1. The van der Waals surface area contributed by atoms with Gasteiger partial charge >= 0.3 is 6.03 Å². The van der Waals surface area contributed by atoms with Crippen molar-refractivity contribution in [2.75, 3.05) is 39.8 Å². The molecule has 1 atom stereocenters. The number of morpholine rings is 1. The second-order valence-electron chi connectivity index (χ2n) is 5.78. The Morgan fingerprint density at radius 2 is 2.39 bits per heavy atom. The zero-order valence-electron chi connectivity index (χ0n) is 13.5. The molecule has 1 fully saturated rings. The maximum atomic E-state index is 12.3. The van der Waals surface area contributed by atoms with Crippen molar-refractivity contribution in [2.24, 2.45) is 5.73 Å². The van der Waals surface area contributed by atoms with E-state index in [1.807, 2.05) is 6.92 Å². The number of ether oxygens (including phenoxy) is 1. The lowest BCUT2D eigenvalue weighted by Gasteiger charge is -2.34. The van der Waals surface area contributed by atoms with Gasteiger partial charge in [0, 0.05) is 37.4 Å². The van der Waals surface area contributed by atoms with Gasteiger partial charge in [-0.15, -0.1) is 0 Å². The number of rotatable bonds is 6. The van der Waals surface area contributed by atoms with Gasteiger partial charge in [-0.05, 0) is 14.0 Å². The number of likely N-dealkylation sites (N-methyl/N-ethyl adjacent to an activating group) is 1. The molecule has 9 nitrogen and oxygen atoms in total. The number of hydrogen-bond donors (Lipinski definition) is 3. The number of hydrogen-bond acceptors (Lipinski definition) is 5. The third kappa shape index (κ3) is 5.22. The van der Waals surface area contributed by atoms with Crippen LogP contribution in [0, 0.1) is 6.92 Å². The summed E-state index contributed by atoms with van der Waals surface area (Å²) in [5, 5.41) is 9.65. The molecule has 0 radical (unpaired) electrons. The van der Waals surface area contributed by atoms with Gasteiger partial charge in [-0.2, -0.15) is 5.10 Å². The molecule has 2 rings (SSSR count). The molecule has 4 N–H and O–H groups in total. The fourth-order valence-electron chi connectivity index (χ4n) is 2.53. The first-order chi connectivity index (χ1) is 11.0. The number of carbonyl (C=O) groups excluding carboxylic acids is 2. The zero-order valence-corrected chi connectivity index (χ0v) is 13.5. The van der Waals surface area contributed by atoms with Gasteiger partial charge in [-0.3, -0.25) is 14.8 Å². The molecule has 1 aliphatic heterocycles. The lowest BCUT2D eigenvalue weighted by molar-refractivity contribution is -0.119. The zero-order chi connectivity index (χ0) is 16.8. The molecule has 1 aromatic heterocycles. The number of nitrogens with zero attached hydrogens (tertiary/aromatic N) is 3. The van der Waals surface area contributed by atoms with E-state index in [0.717, 1.165) is 11.3 Å². The molecule has 9 heteroatoms. The van der Waals surface area contributed by atoms with Crippen molar-refractivity contribution >= 4 is 11.9 Å². The van der Waals surface area contributed by atoms with Crippen LogP contribution in [0.2, 0.25) is 0 Å². The molecule has 0 saturated carbocycles. The van der Waals surface area contributed by atoms with E-state index in [1.54, 1.807) is 23.0 Å². The Labute approximate surface area is 135 Å². The van der Waals surface area contributed by atoms with Gasteiger partial charge in [0.15, 0.2) is 0 Å². The summed E-state index contributed by atoms with van der Waals surface area (Å²) in [5.74, 6) is -0.381. The van der Waals surface area contributed by atoms with E-state index in [2.05, 4.69) is 15.5 Å². The minimum absolute atomic E-state index is 0.128. The third-order valence-corrected chi connectivity index (χ3v) is 3.73. The van der Waals surface area contributed by atoms with Crippen LogP contribution < -0.4 is 11.1 Å². The second kappa shape index (κ2) is 7.93. The molecule has 0 spiro atoms. The standard InChI is InChI=1S/C14H24N6O3/c1-10-11(6-17-18-10)5-16-14(22)20-3-4-23-12(8-20)7-19(2)9-13(15)21/h6,12H,3-5,7-9H2,1-2H3,(H2,15,21)(H,16,22)(H,17,18). The lowest BCUT2D eigenvalue weighted by atomic mass is 10.2. The minimum atomic E-state index is -0.381. The first-order valence-corrected chi connectivity index (χ1v) is 7.55. The van der Waals surface area contributed by atoms with E-state index < -0.39 is 0 Å². The average molecular weight is 324 g/mol. The van der Waals surface area contributed by atoms with Crippen molar-refractivity contribution in [2.45, 2.75) is 19.6 Å². The number of nitrogens with one attached hydrogen (secondary N) is 2. The fraction of sp³-hybridized carbons (Fsp3) is 0.643. The predicted octanol–water partition coefficient (Wildman–Crippen LogP) is -0.954. The molecule has 23 heavy (non-hydrogen) atoms. The smallest absolute Gasteiger partial charge is 0.317 e. The van der Waals surface area contributed by atoms with Crippen molar-refractivity contribution in [1.82, 2.24) is 25.3 Å². The Balaban J connectivity index is 1.79. The van der Waals surface area contributed by atoms with Crippen LogP contribution in [0.1, 0.15) is 11.3 Å². The summed E-state index contributed by atoms with van der Waals surface area (Å²) in [4.78, 5) is 26.7. The third-order valence-electron chi connectivity index (χ3n) is 3.73. The minimum Gasteiger partial charge on any atom is -0.373 e.